The maximum atomic E-state index is 13.7. The van der Waals surface area contributed by atoms with Gasteiger partial charge in [0.2, 0.25) is 0 Å². The summed E-state index contributed by atoms with van der Waals surface area (Å²) in [6.07, 6.45) is -3.28. The van der Waals surface area contributed by atoms with Crippen LogP contribution in [0.15, 0.2) is 47.4 Å². The fourth-order valence-corrected chi connectivity index (χ4v) is 3.36. The first kappa shape index (κ1) is 21.3. The number of fused-ring (bicyclic) bond motifs is 1. The van der Waals surface area contributed by atoms with Crippen molar-refractivity contribution in [1.29, 1.82) is 0 Å². The van der Waals surface area contributed by atoms with Gasteiger partial charge in [-0.2, -0.15) is 22.8 Å². The van der Waals surface area contributed by atoms with Crippen molar-refractivity contribution in [1.82, 2.24) is 24.4 Å². The molecule has 32 heavy (non-hydrogen) atoms. The van der Waals surface area contributed by atoms with Crippen molar-refractivity contribution in [2.75, 3.05) is 11.9 Å². The van der Waals surface area contributed by atoms with E-state index in [0.29, 0.717) is 4.52 Å². The predicted octanol–water partition coefficient (Wildman–Crippen LogP) is 2.46. The zero-order chi connectivity index (χ0) is 23.0. The minimum atomic E-state index is -4.79. The summed E-state index contributed by atoms with van der Waals surface area (Å²) in [5, 5.41) is 17.5. The number of halogens is 3. The normalized spacial score (nSPS) is 11.8. The molecule has 0 aliphatic carbocycles. The number of nitrogens with one attached hydrogen (secondary N) is 2. The van der Waals surface area contributed by atoms with Crippen LogP contribution in [0.3, 0.4) is 0 Å². The van der Waals surface area contributed by atoms with E-state index >= 15 is 0 Å². The molecule has 4 aromatic rings. The molecule has 0 aliphatic rings. The number of anilines is 1. The molecule has 0 saturated heterocycles. The van der Waals surface area contributed by atoms with Gasteiger partial charge in [-0.25, -0.2) is 4.98 Å². The first-order valence-electron chi connectivity index (χ1n) is 9.44. The van der Waals surface area contributed by atoms with E-state index in [2.05, 4.69) is 20.5 Å². The van der Waals surface area contributed by atoms with Gasteiger partial charge in [0.15, 0.2) is 11.5 Å². The molecule has 3 heterocycles. The predicted molar refractivity (Wildman–Crippen MR) is 108 cm³/mol. The molecule has 0 saturated carbocycles. The van der Waals surface area contributed by atoms with Crippen molar-refractivity contribution in [2.45, 2.75) is 19.6 Å². The Morgan fingerprint density at radius 1 is 1.22 bits per heavy atom. The number of carbonyl (C=O) groups is 1. The lowest BCUT2D eigenvalue weighted by molar-refractivity contribution is -0.140. The second-order valence-corrected chi connectivity index (χ2v) is 6.90. The molecule has 9 nitrogen and oxygen atoms in total. The summed E-state index contributed by atoms with van der Waals surface area (Å²) in [5.74, 6) is -0.757. The van der Waals surface area contributed by atoms with Gasteiger partial charge in [0.25, 0.3) is 11.5 Å². The lowest BCUT2D eigenvalue weighted by atomic mass is 10.1. The molecule has 166 valence electrons. The van der Waals surface area contributed by atoms with E-state index in [4.69, 9.17) is 5.11 Å². The van der Waals surface area contributed by atoms with E-state index in [1.807, 2.05) is 0 Å². The van der Waals surface area contributed by atoms with Crippen LogP contribution in [0.1, 0.15) is 21.7 Å². The molecular formula is C20H17F3N6O3. The Labute approximate surface area is 178 Å². The van der Waals surface area contributed by atoms with Gasteiger partial charge in [-0.3, -0.25) is 19.4 Å². The van der Waals surface area contributed by atoms with Gasteiger partial charge in [-0.15, -0.1) is 0 Å². The SMILES string of the molecule is Cc1nc2c(-c3ccccc3)c(C(F)(F)F)[nH]n2c(=O)c1C(=O)Nc1ccn(CCO)n1. The van der Waals surface area contributed by atoms with Crippen molar-refractivity contribution in [3.8, 4) is 11.1 Å². The van der Waals surface area contributed by atoms with Crippen molar-refractivity contribution in [3.05, 3.63) is 69.9 Å². The molecule has 1 aromatic carbocycles. The highest BCUT2D eigenvalue weighted by Crippen LogP contribution is 2.38. The zero-order valence-electron chi connectivity index (χ0n) is 16.6. The van der Waals surface area contributed by atoms with E-state index in [1.165, 1.54) is 36.0 Å². The Kier molecular flexibility index (Phi) is 5.30. The number of nitrogens with zero attached hydrogens (tertiary/aromatic N) is 4. The van der Waals surface area contributed by atoms with Crippen molar-refractivity contribution in [3.63, 3.8) is 0 Å². The Balaban J connectivity index is 1.84. The third-order valence-electron chi connectivity index (χ3n) is 4.75. The minimum absolute atomic E-state index is 0.0350. The van der Waals surface area contributed by atoms with Crippen molar-refractivity contribution >= 4 is 17.4 Å². The first-order valence-corrected chi connectivity index (χ1v) is 9.44. The maximum absolute atomic E-state index is 13.7. The number of aliphatic hydroxyl groups is 1. The monoisotopic (exact) mass is 446 g/mol. The number of aliphatic hydroxyl groups excluding tert-OH is 1. The molecule has 0 spiro atoms. The van der Waals surface area contributed by atoms with Gasteiger partial charge in [-0.1, -0.05) is 30.3 Å². The molecule has 3 aromatic heterocycles. The molecule has 3 N–H and O–H groups in total. The Morgan fingerprint density at radius 3 is 2.59 bits per heavy atom. The second kappa shape index (κ2) is 7.96. The fourth-order valence-electron chi connectivity index (χ4n) is 3.36. The lowest BCUT2D eigenvalue weighted by Crippen LogP contribution is -2.29. The summed E-state index contributed by atoms with van der Waals surface area (Å²) in [7, 11) is 0. The molecule has 0 radical (unpaired) electrons. The second-order valence-electron chi connectivity index (χ2n) is 6.90. The minimum Gasteiger partial charge on any atom is -0.394 e. The maximum Gasteiger partial charge on any atom is 0.433 e. The molecule has 1 amide bonds. The summed E-state index contributed by atoms with van der Waals surface area (Å²) in [5.41, 5.74) is -2.89. The molecule has 0 fully saturated rings. The van der Waals surface area contributed by atoms with Crippen LogP contribution in [-0.2, 0) is 12.7 Å². The summed E-state index contributed by atoms with van der Waals surface area (Å²) in [4.78, 5) is 29.9. The number of benzene rings is 1. The number of alkyl halides is 3. The lowest BCUT2D eigenvalue weighted by Gasteiger charge is -2.07. The van der Waals surface area contributed by atoms with Crippen molar-refractivity contribution in [2.24, 2.45) is 0 Å². The van der Waals surface area contributed by atoms with Gasteiger partial charge < -0.3 is 10.4 Å². The molecule has 0 bridgehead atoms. The van der Waals surface area contributed by atoms with Gasteiger partial charge in [0.1, 0.15) is 11.3 Å². The van der Waals surface area contributed by atoms with Gasteiger partial charge in [-0.05, 0) is 12.5 Å². The van der Waals surface area contributed by atoms with E-state index in [9.17, 15) is 22.8 Å². The van der Waals surface area contributed by atoms with E-state index in [1.54, 1.807) is 18.2 Å². The number of aromatic amines is 1. The third kappa shape index (κ3) is 3.75. The number of hydrogen-bond donors (Lipinski definition) is 3. The average Bonchev–Trinajstić information content (AvgIpc) is 3.33. The zero-order valence-corrected chi connectivity index (χ0v) is 16.6. The molecule has 0 unspecified atom stereocenters. The summed E-state index contributed by atoms with van der Waals surface area (Å²) in [6.45, 7) is 1.42. The van der Waals surface area contributed by atoms with Crippen LogP contribution in [0.2, 0.25) is 0 Å². The molecule has 12 heteroatoms. The van der Waals surface area contributed by atoms with Crippen LogP contribution in [0.4, 0.5) is 19.0 Å². The fraction of sp³-hybridized carbons (Fsp3) is 0.200. The van der Waals surface area contributed by atoms with Gasteiger partial charge >= 0.3 is 6.18 Å². The molecule has 0 aliphatic heterocycles. The largest absolute Gasteiger partial charge is 0.433 e. The van der Waals surface area contributed by atoms with Crippen LogP contribution in [-0.4, -0.2) is 42.0 Å². The summed E-state index contributed by atoms with van der Waals surface area (Å²) >= 11 is 0. The third-order valence-corrected chi connectivity index (χ3v) is 4.75. The van der Waals surface area contributed by atoms with E-state index < -0.39 is 28.9 Å². The Morgan fingerprint density at radius 2 is 1.94 bits per heavy atom. The van der Waals surface area contributed by atoms with Crippen molar-refractivity contribution < 1.29 is 23.1 Å². The highest BCUT2D eigenvalue weighted by Gasteiger charge is 2.38. The number of H-pyrrole nitrogens is 1. The van der Waals surface area contributed by atoms with Crippen LogP contribution in [0.25, 0.3) is 16.8 Å². The first-order chi connectivity index (χ1) is 15.2. The van der Waals surface area contributed by atoms with Crippen LogP contribution >= 0.6 is 0 Å². The molecule has 0 atom stereocenters. The highest BCUT2D eigenvalue weighted by atomic mass is 19.4. The quantitative estimate of drug-likeness (QED) is 0.435. The highest BCUT2D eigenvalue weighted by molar-refractivity contribution is 6.04. The van der Waals surface area contributed by atoms with E-state index in [-0.39, 0.29) is 41.4 Å². The average molecular weight is 446 g/mol. The van der Waals surface area contributed by atoms with Crippen LogP contribution in [0.5, 0.6) is 0 Å². The van der Waals surface area contributed by atoms with Gasteiger partial charge in [0, 0.05) is 12.3 Å². The van der Waals surface area contributed by atoms with Crippen LogP contribution < -0.4 is 10.9 Å². The standard InChI is InChI=1S/C20H17F3N6O3/c1-11-14(18(31)25-13-7-8-28(26-13)9-10-30)19(32)29-17(24-11)15(12-5-3-2-4-6-12)16(27-29)20(21,22)23/h2-8,27,30H,9-10H2,1H3,(H,25,26,31). The number of hydrogen-bond acceptors (Lipinski definition) is 5. The Bertz CT molecular complexity index is 1350. The summed E-state index contributed by atoms with van der Waals surface area (Å²) in [6, 6.07) is 9.20. The smallest absolute Gasteiger partial charge is 0.394 e. The number of aryl methyl sites for hydroxylation is 1. The van der Waals surface area contributed by atoms with Crippen LogP contribution in [0, 0.1) is 6.92 Å². The topological polar surface area (TPSA) is 117 Å². The summed E-state index contributed by atoms with van der Waals surface area (Å²) < 4.78 is 43.2. The number of aromatic nitrogens is 5. The Hall–Kier alpha value is -3.93. The number of amides is 1. The number of rotatable bonds is 5. The number of carbonyl (C=O) groups excluding carboxylic acids is 1. The van der Waals surface area contributed by atoms with E-state index in [0.717, 1.165) is 0 Å². The van der Waals surface area contributed by atoms with Gasteiger partial charge in [0.05, 0.1) is 24.4 Å². The molecular weight excluding hydrogens is 429 g/mol. The molecule has 4 rings (SSSR count).